The van der Waals surface area contributed by atoms with E-state index in [0.29, 0.717) is 6.42 Å². The van der Waals surface area contributed by atoms with Crippen LogP contribution in [0, 0.1) is 0 Å². The number of carbonyl (C=O) groups is 4. The van der Waals surface area contributed by atoms with E-state index in [1.54, 1.807) is 0 Å². The zero-order valence-corrected chi connectivity index (χ0v) is 13.1. The Hall–Kier alpha value is -2.08. The van der Waals surface area contributed by atoms with E-state index in [9.17, 15) is 19.2 Å². The molecule has 0 aromatic heterocycles. The Labute approximate surface area is 138 Å². The molecule has 1 rings (SSSR count). The molecule has 9 N–H and O–H groups in total. The summed E-state index contributed by atoms with van der Waals surface area (Å²) in [6.45, 7) is 0.233. The van der Waals surface area contributed by atoms with Gasteiger partial charge in [-0.25, -0.2) is 9.59 Å². The minimum absolute atomic E-state index is 0.00780. The Morgan fingerprint density at radius 1 is 1.21 bits per heavy atom. The van der Waals surface area contributed by atoms with Crippen molar-refractivity contribution < 1.29 is 34.1 Å². The van der Waals surface area contributed by atoms with Crippen LogP contribution in [0.4, 0.5) is 0 Å². The van der Waals surface area contributed by atoms with Crippen LogP contribution in [0.3, 0.4) is 0 Å². The summed E-state index contributed by atoms with van der Waals surface area (Å²) in [6, 6.07) is -2.55. The second kappa shape index (κ2) is 11.5. The first-order chi connectivity index (χ1) is 11.2. The molecule has 0 aliphatic carbocycles. The Morgan fingerprint density at radius 3 is 2.21 bits per heavy atom. The first kappa shape index (κ1) is 21.9. The van der Waals surface area contributed by atoms with E-state index in [-0.39, 0.29) is 12.8 Å². The summed E-state index contributed by atoms with van der Waals surface area (Å²) in [6.07, 6.45) is 1.61. The Balaban J connectivity index is 0.000000640. The van der Waals surface area contributed by atoms with E-state index in [0.717, 1.165) is 13.0 Å². The van der Waals surface area contributed by atoms with Crippen LogP contribution in [0.25, 0.3) is 0 Å². The molecule has 24 heavy (non-hydrogen) atoms. The third-order valence-corrected chi connectivity index (χ3v) is 3.06. The van der Waals surface area contributed by atoms with Crippen molar-refractivity contribution in [2.75, 3.05) is 13.2 Å². The van der Waals surface area contributed by atoms with E-state index in [4.69, 9.17) is 27.4 Å². The summed E-state index contributed by atoms with van der Waals surface area (Å²) in [5, 5.41) is 18.8. The fourth-order valence-electron chi connectivity index (χ4n) is 1.63. The number of aliphatic hydroxyl groups is 1. The number of hydrogen-bond donors (Lipinski definition) is 6. The first-order valence-corrected chi connectivity index (χ1v) is 7.31. The molecule has 11 heteroatoms. The topological polar surface area (TPSA) is 208 Å². The van der Waals surface area contributed by atoms with Crippen LogP contribution in [-0.2, 0) is 23.9 Å². The van der Waals surface area contributed by atoms with Gasteiger partial charge in [0, 0.05) is 6.42 Å². The van der Waals surface area contributed by atoms with Gasteiger partial charge in [-0.15, -0.1) is 0 Å². The SMILES string of the molecule is NC(=O)CC[C@H](N)C(=O)OC(=O)[C@@H]1CCCN1.N[C@@H](CO)C(=O)O. The van der Waals surface area contributed by atoms with Crippen molar-refractivity contribution in [1.29, 1.82) is 0 Å². The molecule has 1 aliphatic rings. The van der Waals surface area contributed by atoms with Gasteiger partial charge in [0.05, 0.1) is 6.61 Å². The highest BCUT2D eigenvalue weighted by molar-refractivity contribution is 5.91. The van der Waals surface area contributed by atoms with Gasteiger partial charge in [-0.2, -0.15) is 0 Å². The quantitative estimate of drug-likeness (QED) is 0.200. The van der Waals surface area contributed by atoms with Crippen LogP contribution in [0.15, 0.2) is 0 Å². The summed E-state index contributed by atoms with van der Waals surface area (Å²) in [5.74, 6) is -3.15. The zero-order chi connectivity index (χ0) is 18.7. The Kier molecular flexibility index (Phi) is 10.5. The number of carboxylic acid groups (broad SMARTS) is 1. The van der Waals surface area contributed by atoms with Gasteiger partial charge in [0.2, 0.25) is 5.91 Å². The molecule has 3 atom stereocenters. The second-order valence-corrected chi connectivity index (χ2v) is 5.13. The van der Waals surface area contributed by atoms with Gasteiger partial charge in [0.15, 0.2) is 0 Å². The van der Waals surface area contributed by atoms with Crippen molar-refractivity contribution in [1.82, 2.24) is 5.32 Å². The van der Waals surface area contributed by atoms with Crippen molar-refractivity contribution in [3.63, 3.8) is 0 Å². The summed E-state index contributed by atoms with van der Waals surface area (Å²) in [7, 11) is 0. The van der Waals surface area contributed by atoms with Crippen molar-refractivity contribution in [2.45, 2.75) is 43.8 Å². The predicted octanol–water partition coefficient (Wildman–Crippen LogP) is -3.21. The number of aliphatic carboxylic acids is 1. The Morgan fingerprint density at radius 2 is 1.83 bits per heavy atom. The van der Waals surface area contributed by atoms with Crippen molar-refractivity contribution in [3.8, 4) is 0 Å². The van der Waals surface area contributed by atoms with Crippen LogP contribution in [-0.4, -0.2) is 65.3 Å². The number of nitrogens with two attached hydrogens (primary N) is 3. The number of hydrogen-bond acceptors (Lipinski definition) is 9. The smallest absolute Gasteiger partial charge is 0.330 e. The molecule has 11 nitrogen and oxygen atoms in total. The lowest BCUT2D eigenvalue weighted by Crippen LogP contribution is -2.39. The minimum Gasteiger partial charge on any atom is -0.480 e. The van der Waals surface area contributed by atoms with Crippen molar-refractivity contribution in [2.24, 2.45) is 17.2 Å². The lowest BCUT2D eigenvalue weighted by Gasteiger charge is -2.12. The van der Waals surface area contributed by atoms with Gasteiger partial charge in [-0.1, -0.05) is 0 Å². The maximum absolute atomic E-state index is 11.4. The molecule has 0 spiro atoms. The van der Waals surface area contributed by atoms with Crippen LogP contribution in [0.2, 0.25) is 0 Å². The standard InChI is InChI=1S/C10H17N3O4.C3H7NO3/c11-6(3-4-8(12)14)9(15)17-10(16)7-2-1-5-13-7;4-2(1-5)3(6)7/h6-7,13H,1-5,11H2,(H2,12,14);2,5H,1,4H2,(H,6,7)/t6-,7-;2-/m00/s1. The number of carboxylic acids is 1. The molecule has 1 saturated heterocycles. The molecular formula is C13H24N4O7. The monoisotopic (exact) mass is 348 g/mol. The number of amides is 1. The number of rotatable bonds is 7. The minimum atomic E-state index is -1.18. The van der Waals surface area contributed by atoms with Crippen LogP contribution in [0.5, 0.6) is 0 Å². The van der Waals surface area contributed by atoms with Gasteiger partial charge in [-0.05, 0) is 25.8 Å². The summed E-state index contributed by atoms with van der Waals surface area (Å²) >= 11 is 0. The third kappa shape index (κ3) is 9.15. The second-order valence-electron chi connectivity index (χ2n) is 5.13. The normalized spacial score (nSPS) is 18.7. The molecule has 0 unspecified atom stereocenters. The first-order valence-electron chi connectivity index (χ1n) is 7.31. The fraction of sp³-hybridized carbons (Fsp3) is 0.692. The van der Waals surface area contributed by atoms with Crippen LogP contribution in [0.1, 0.15) is 25.7 Å². The fourth-order valence-corrected chi connectivity index (χ4v) is 1.63. The highest BCUT2D eigenvalue weighted by Gasteiger charge is 2.27. The largest absolute Gasteiger partial charge is 0.480 e. The molecule has 1 amide bonds. The highest BCUT2D eigenvalue weighted by atomic mass is 16.6. The summed E-state index contributed by atoms with van der Waals surface area (Å²) in [4.78, 5) is 43.0. The van der Waals surface area contributed by atoms with Gasteiger partial charge >= 0.3 is 17.9 Å². The van der Waals surface area contributed by atoms with E-state index in [1.165, 1.54) is 0 Å². The van der Waals surface area contributed by atoms with Gasteiger partial charge in [-0.3, -0.25) is 9.59 Å². The molecule has 1 heterocycles. The molecule has 0 bridgehead atoms. The number of carbonyl (C=O) groups excluding carboxylic acids is 3. The Bertz CT molecular complexity index is 452. The molecular weight excluding hydrogens is 324 g/mol. The average molecular weight is 348 g/mol. The molecule has 0 aromatic rings. The van der Waals surface area contributed by atoms with Gasteiger partial charge in [0.25, 0.3) is 0 Å². The van der Waals surface area contributed by atoms with E-state index >= 15 is 0 Å². The highest BCUT2D eigenvalue weighted by Crippen LogP contribution is 2.07. The maximum Gasteiger partial charge on any atom is 0.330 e. The lowest BCUT2D eigenvalue weighted by molar-refractivity contribution is -0.162. The van der Waals surface area contributed by atoms with Crippen LogP contribution >= 0.6 is 0 Å². The van der Waals surface area contributed by atoms with E-state index < -0.39 is 48.5 Å². The summed E-state index contributed by atoms with van der Waals surface area (Å²) < 4.78 is 4.61. The molecule has 1 fully saturated rings. The number of esters is 2. The van der Waals surface area contributed by atoms with Crippen LogP contribution < -0.4 is 22.5 Å². The maximum atomic E-state index is 11.4. The van der Waals surface area contributed by atoms with Gasteiger partial charge < -0.3 is 37.5 Å². The van der Waals surface area contributed by atoms with Crippen molar-refractivity contribution in [3.05, 3.63) is 0 Å². The number of primary amides is 1. The van der Waals surface area contributed by atoms with Crippen molar-refractivity contribution >= 4 is 23.8 Å². The molecule has 138 valence electrons. The molecule has 0 saturated carbocycles. The lowest BCUT2D eigenvalue weighted by atomic mass is 10.1. The van der Waals surface area contributed by atoms with E-state index in [1.807, 2.05) is 0 Å². The van der Waals surface area contributed by atoms with E-state index in [2.05, 4.69) is 10.1 Å². The zero-order valence-electron chi connectivity index (χ0n) is 13.1. The molecule has 1 aliphatic heterocycles. The average Bonchev–Trinajstić information content (AvgIpc) is 3.06. The molecule has 0 radical (unpaired) electrons. The molecule has 0 aromatic carbocycles. The summed E-state index contributed by atoms with van der Waals surface area (Å²) in [5.41, 5.74) is 15.1. The third-order valence-electron chi connectivity index (χ3n) is 3.06. The number of nitrogens with one attached hydrogen (secondary N) is 1. The number of ether oxygens (including phenoxy) is 1. The number of aliphatic hydroxyl groups excluding tert-OH is 1. The van der Waals surface area contributed by atoms with Gasteiger partial charge in [0.1, 0.15) is 18.1 Å². The predicted molar refractivity (Wildman–Crippen MR) is 81.2 cm³/mol.